The number of carbonyl (C=O) groups is 1. The Morgan fingerprint density at radius 1 is 0.710 bits per heavy atom. The van der Waals surface area contributed by atoms with Crippen molar-refractivity contribution in [2.75, 3.05) is 0 Å². The van der Waals surface area contributed by atoms with Crippen LogP contribution < -0.4 is 15.3 Å². The molecule has 0 aliphatic carbocycles. The minimum absolute atomic E-state index is 0.229. The van der Waals surface area contributed by atoms with Crippen molar-refractivity contribution < 1.29 is 14.1 Å². The molecule has 0 heterocycles. The van der Waals surface area contributed by atoms with Crippen LogP contribution in [0.5, 0.6) is 5.75 Å². The van der Waals surface area contributed by atoms with Gasteiger partial charge < -0.3 is 9.30 Å². The number of ether oxygens (including phenoxy) is 1. The third-order valence-corrected chi connectivity index (χ3v) is 8.39. The van der Waals surface area contributed by atoms with Gasteiger partial charge in [0.25, 0.3) is 0 Å². The average molecular weight is 447 g/mol. The smallest absolute Gasteiger partial charge is 0.345 e. The molecule has 0 aliphatic rings. The standard InChI is InChI=1S/C26H20ClO3P/c27-24-17-9-8-16-23(24)26(28)30-25-18-10-7-11-20(25)19-31(29,21-12-3-1-4-13-21)22-14-5-2-6-15-22/h1-18H,19H2. The van der Waals surface area contributed by atoms with Crippen molar-refractivity contribution in [2.45, 2.75) is 6.16 Å². The topological polar surface area (TPSA) is 43.4 Å². The molecule has 4 aromatic rings. The molecule has 0 amide bonds. The SMILES string of the molecule is O=C(Oc1ccccc1CP(=O)(c1ccccc1)c1ccccc1)c1ccccc1Cl. The fourth-order valence-electron chi connectivity index (χ4n) is 3.42. The largest absolute Gasteiger partial charge is 0.423 e. The van der Waals surface area contributed by atoms with Gasteiger partial charge in [0.15, 0.2) is 0 Å². The van der Waals surface area contributed by atoms with Crippen LogP contribution in [-0.2, 0) is 10.7 Å². The molecule has 0 unspecified atom stereocenters. The summed E-state index contributed by atoms with van der Waals surface area (Å²) in [5.41, 5.74) is 0.979. The molecule has 0 fully saturated rings. The number of benzene rings is 4. The number of carbonyl (C=O) groups excluding carboxylic acids is 1. The van der Waals surface area contributed by atoms with Crippen molar-refractivity contribution in [3.05, 3.63) is 125 Å². The summed E-state index contributed by atoms with van der Waals surface area (Å²) in [6, 6.07) is 32.8. The van der Waals surface area contributed by atoms with Gasteiger partial charge in [-0.15, -0.1) is 0 Å². The molecule has 31 heavy (non-hydrogen) atoms. The summed E-state index contributed by atoms with van der Waals surface area (Å²) in [6.07, 6.45) is 0.229. The Labute approximate surface area is 186 Å². The van der Waals surface area contributed by atoms with Crippen LogP contribution in [0.4, 0.5) is 0 Å². The van der Waals surface area contributed by atoms with E-state index in [0.717, 1.165) is 10.6 Å². The molecular weight excluding hydrogens is 427 g/mol. The van der Waals surface area contributed by atoms with Crippen molar-refractivity contribution in [1.29, 1.82) is 0 Å². The Balaban J connectivity index is 1.72. The highest BCUT2D eigenvalue weighted by molar-refractivity contribution is 7.78. The second-order valence-electron chi connectivity index (χ2n) is 7.05. The van der Waals surface area contributed by atoms with E-state index in [1.165, 1.54) is 0 Å². The maximum Gasteiger partial charge on any atom is 0.345 e. The van der Waals surface area contributed by atoms with E-state index >= 15 is 0 Å². The number of hydrogen-bond acceptors (Lipinski definition) is 3. The molecule has 154 valence electrons. The van der Waals surface area contributed by atoms with E-state index in [1.807, 2.05) is 72.8 Å². The Morgan fingerprint density at radius 3 is 1.84 bits per heavy atom. The quantitative estimate of drug-likeness (QED) is 0.205. The number of rotatable bonds is 6. The van der Waals surface area contributed by atoms with Gasteiger partial charge in [-0.25, -0.2) is 4.79 Å². The van der Waals surface area contributed by atoms with Crippen LogP contribution in [-0.4, -0.2) is 5.97 Å². The molecule has 0 aromatic heterocycles. The maximum atomic E-state index is 14.4. The summed E-state index contributed by atoms with van der Waals surface area (Å²) in [4.78, 5) is 12.7. The second kappa shape index (κ2) is 9.34. The summed E-state index contributed by atoms with van der Waals surface area (Å²) in [5.74, 6) is -0.174. The minimum atomic E-state index is -3.02. The molecule has 0 atom stereocenters. The Hall–Kier alpha value is -3.13. The third kappa shape index (κ3) is 4.64. The van der Waals surface area contributed by atoms with Crippen LogP contribution in [0, 0.1) is 0 Å². The monoisotopic (exact) mass is 446 g/mol. The first-order valence-electron chi connectivity index (χ1n) is 9.83. The molecule has 0 aliphatic heterocycles. The first-order chi connectivity index (χ1) is 15.1. The van der Waals surface area contributed by atoms with E-state index in [-0.39, 0.29) is 11.7 Å². The average Bonchev–Trinajstić information content (AvgIpc) is 2.81. The van der Waals surface area contributed by atoms with E-state index < -0.39 is 13.1 Å². The minimum Gasteiger partial charge on any atom is -0.423 e. The van der Waals surface area contributed by atoms with Gasteiger partial charge in [-0.05, 0) is 18.2 Å². The van der Waals surface area contributed by atoms with Gasteiger partial charge in [0.2, 0.25) is 0 Å². The number of esters is 1. The van der Waals surface area contributed by atoms with Crippen LogP contribution >= 0.6 is 18.7 Å². The lowest BCUT2D eigenvalue weighted by Crippen LogP contribution is -2.18. The summed E-state index contributed by atoms with van der Waals surface area (Å²) < 4.78 is 20.1. The molecule has 0 radical (unpaired) electrons. The van der Waals surface area contributed by atoms with E-state index in [4.69, 9.17) is 16.3 Å². The van der Waals surface area contributed by atoms with Crippen molar-refractivity contribution in [3.8, 4) is 5.75 Å². The lowest BCUT2D eigenvalue weighted by atomic mass is 10.2. The number of para-hydroxylation sites is 1. The first kappa shape index (κ1) is 21.1. The fraction of sp³-hybridized carbons (Fsp3) is 0.0385. The summed E-state index contributed by atoms with van der Waals surface area (Å²) in [7, 11) is -3.02. The summed E-state index contributed by atoms with van der Waals surface area (Å²) in [5, 5.41) is 1.84. The first-order valence-corrected chi connectivity index (χ1v) is 12.1. The molecule has 0 N–H and O–H groups in total. The molecule has 3 nitrogen and oxygen atoms in total. The van der Waals surface area contributed by atoms with Crippen molar-refractivity contribution in [3.63, 3.8) is 0 Å². The van der Waals surface area contributed by atoms with Gasteiger partial charge in [-0.2, -0.15) is 0 Å². The Kier molecular flexibility index (Phi) is 6.36. The number of hydrogen-bond donors (Lipinski definition) is 0. The fourth-order valence-corrected chi connectivity index (χ4v) is 6.35. The van der Waals surface area contributed by atoms with Crippen LogP contribution in [0.25, 0.3) is 0 Å². The maximum absolute atomic E-state index is 14.4. The van der Waals surface area contributed by atoms with E-state index in [2.05, 4.69) is 0 Å². The van der Waals surface area contributed by atoms with Crippen molar-refractivity contribution >= 4 is 35.3 Å². The zero-order valence-electron chi connectivity index (χ0n) is 16.6. The van der Waals surface area contributed by atoms with Gasteiger partial charge in [0.05, 0.1) is 10.6 Å². The highest BCUT2D eigenvalue weighted by Crippen LogP contribution is 2.48. The zero-order chi connectivity index (χ0) is 21.7. The summed E-state index contributed by atoms with van der Waals surface area (Å²) in [6.45, 7) is 0. The van der Waals surface area contributed by atoms with Crippen LogP contribution in [0.2, 0.25) is 5.02 Å². The van der Waals surface area contributed by atoms with Crippen LogP contribution in [0.1, 0.15) is 15.9 Å². The normalized spacial score (nSPS) is 11.1. The molecule has 0 saturated heterocycles. The van der Waals surface area contributed by atoms with Gasteiger partial charge in [-0.3, -0.25) is 0 Å². The highest BCUT2D eigenvalue weighted by Gasteiger charge is 2.29. The van der Waals surface area contributed by atoms with Crippen molar-refractivity contribution in [1.82, 2.24) is 0 Å². The Morgan fingerprint density at radius 2 is 1.23 bits per heavy atom. The molecule has 4 rings (SSSR count). The second-order valence-corrected chi connectivity index (χ2v) is 10.3. The zero-order valence-corrected chi connectivity index (χ0v) is 18.3. The van der Waals surface area contributed by atoms with E-state index in [1.54, 1.807) is 36.4 Å². The number of halogens is 1. The molecule has 5 heteroatoms. The van der Waals surface area contributed by atoms with E-state index in [0.29, 0.717) is 16.3 Å². The Bertz CT molecular complexity index is 1200. The molecular formula is C26H20ClO3P. The summed E-state index contributed by atoms with van der Waals surface area (Å²) >= 11 is 6.15. The molecule has 0 bridgehead atoms. The van der Waals surface area contributed by atoms with E-state index in [9.17, 15) is 9.36 Å². The molecule has 0 spiro atoms. The van der Waals surface area contributed by atoms with Crippen LogP contribution in [0.3, 0.4) is 0 Å². The van der Waals surface area contributed by atoms with Gasteiger partial charge in [0, 0.05) is 22.3 Å². The van der Waals surface area contributed by atoms with Crippen molar-refractivity contribution in [2.24, 2.45) is 0 Å². The van der Waals surface area contributed by atoms with Gasteiger partial charge in [-0.1, -0.05) is 103 Å². The van der Waals surface area contributed by atoms with Crippen LogP contribution in [0.15, 0.2) is 109 Å². The van der Waals surface area contributed by atoms with Gasteiger partial charge in [0.1, 0.15) is 12.9 Å². The highest BCUT2D eigenvalue weighted by atomic mass is 35.5. The lowest BCUT2D eigenvalue weighted by molar-refractivity contribution is 0.0733. The predicted octanol–water partition coefficient (Wildman–Crippen LogP) is 6.07. The third-order valence-electron chi connectivity index (χ3n) is 5.01. The molecule has 4 aromatic carbocycles. The van der Waals surface area contributed by atoms with Gasteiger partial charge >= 0.3 is 5.97 Å². The molecule has 0 saturated carbocycles. The lowest BCUT2D eigenvalue weighted by Gasteiger charge is -2.21. The predicted molar refractivity (Wildman–Crippen MR) is 126 cm³/mol.